The van der Waals surface area contributed by atoms with E-state index in [0.29, 0.717) is 0 Å². The van der Waals surface area contributed by atoms with E-state index >= 15 is 0 Å². The highest BCUT2D eigenvalue weighted by Crippen LogP contribution is 2.45. The third-order valence-electron chi connectivity index (χ3n) is 4.32. The predicted molar refractivity (Wildman–Crippen MR) is 90.6 cm³/mol. The largest absolute Gasteiger partial charge is 0.437 e. The number of ketones is 1. The lowest BCUT2D eigenvalue weighted by Crippen LogP contribution is -2.72. The third kappa shape index (κ3) is 3.20. The fourth-order valence-corrected chi connectivity index (χ4v) is 3.79. The van der Waals surface area contributed by atoms with Crippen LogP contribution in [0, 0.1) is 16.0 Å². The van der Waals surface area contributed by atoms with E-state index in [1.165, 1.54) is 35.0 Å². The van der Waals surface area contributed by atoms with Gasteiger partial charge in [-0.25, -0.2) is 4.79 Å². The van der Waals surface area contributed by atoms with Crippen LogP contribution >= 0.6 is 11.3 Å². The number of urea groups is 1. The van der Waals surface area contributed by atoms with E-state index < -0.39 is 46.3 Å². The zero-order valence-corrected chi connectivity index (χ0v) is 14.6. The topological polar surface area (TPSA) is 122 Å². The van der Waals surface area contributed by atoms with Crippen LogP contribution in [0.5, 0.6) is 0 Å². The Kier molecular flexibility index (Phi) is 4.85. The van der Waals surface area contributed by atoms with Crippen molar-refractivity contribution in [1.29, 1.82) is 0 Å². The fourth-order valence-electron chi connectivity index (χ4n) is 3.09. The molecular formula is C16H12F3N3O5S. The summed E-state index contributed by atoms with van der Waals surface area (Å²) in [7, 11) is 0. The zero-order valence-electron chi connectivity index (χ0n) is 13.8. The van der Waals surface area contributed by atoms with Crippen molar-refractivity contribution in [2.24, 2.45) is 5.92 Å². The van der Waals surface area contributed by atoms with Crippen LogP contribution < -0.4 is 10.6 Å². The van der Waals surface area contributed by atoms with Crippen LogP contribution in [0.25, 0.3) is 0 Å². The summed E-state index contributed by atoms with van der Waals surface area (Å²) < 4.78 is 41.2. The molecule has 2 amide bonds. The highest BCUT2D eigenvalue weighted by Gasteiger charge is 2.67. The van der Waals surface area contributed by atoms with Crippen molar-refractivity contribution in [1.82, 2.24) is 10.6 Å². The monoisotopic (exact) mass is 415 g/mol. The van der Waals surface area contributed by atoms with E-state index in [0.717, 1.165) is 23.5 Å². The second-order valence-corrected chi connectivity index (χ2v) is 6.92. The maximum atomic E-state index is 13.7. The second kappa shape index (κ2) is 6.87. The van der Waals surface area contributed by atoms with Crippen LogP contribution in [-0.4, -0.2) is 33.7 Å². The lowest BCUT2D eigenvalue weighted by atomic mass is 9.78. The number of hydrogen-bond acceptors (Lipinski definition) is 6. The molecule has 8 nitrogen and oxygen atoms in total. The molecule has 0 spiro atoms. The van der Waals surface area contributed by atoms with E-state index in [-0.39, 0.29) is 10.4 Å². The number of amides is 2. The van der Waals surface area contributed by atoms with Crippen molar-refractivity contribution in [3.63, 3.8) is 0 Å². The molecule has 1 saturated heterocycles. The predicted octanol–water partition coefficient (Wildman–Crippen LogP) is 2.76. The Bertz CT molecular complexity index is 934. The van der Waals surface area contributed by atoms with Crippen molar-refractivity contribution < 1.29 is 32.8 Å². The van der Waals surface area contributed by atoms with Crippen LogP contribution in [-0.2, 0) is 0 Å². The molecule has 3 N–H and O–H groups in total. The molecule has 0 bridgehead atoms. The van der Waals surface area contributed by atoms with Gasteiger partial charge < -0.3 is 15.7 Å². The van der Waals surface area contributed by atoms with Gasteiger partial charge in [-0.05, 0) is 11.4 Å². The Morgan fingerprint density at radius 3 is 2.50 bits per heavy atom. The van der Waals surface area contributed by atoms with Crippen molar-refractivity contribution in [3.8, 4) is 0 Å². The van der Waals surface area contributed by atoms with Gasteiger partial charge in [0, 0.05) is 6.07 Å². The van der Waals surface area contributed by atoms with Crippen LogP contribution in [0.2, 0.25) is 0 Å². The molecular weight excluding hydrogens is 403 g/mol. The minimum atomic E-state index is -5.43. The number of aliphatic hydroxyl groups is 1. The first-order valence-corrected chi connectivity index (χ1v) is 8.63. The number of thiophene rings is 1. The van der Waals surface area contributed by atoms with Gasteiger partial charge in [0.2, 0.25) is 5.72 Å². The molecule has 0 unspecified atom stereocenters. The first-order valence-electron chi connectivity index (χ1n) is 7.75. The van der Waals surface area contributed by atoms with Crippen LogP contribution in [0.1, 0.15) is 21.3 Å². The quantitative estimate of drug-likeness (QED) is 0.403. The van der Waals surface area contributed by atoms with Gasteiger partial charge in [-0.15, -0.1) is 11.3 Å². The minimum absolute atomic E-state index is 0.103. The number of Topliss-reactive ketones (excluding diaryl/α,β-unsaturated/α-hetero) is 1. The molecule has 1 aromatic heterocycles. The van der Waals surface area contributed by atoms with Gasteiger partial charge in [-0.1, -0.05) is 24.3 Å². The number of nitrogens with one attached hydrogen (secondary N) is 2. The van der Waals surface area contributed by atoms with Crippen molar-refractivity contribution in [3.05, 3.63) is 62.3 Å². The van der Waals surface area contributed by atoms with Gasteiger partial charge in [0.15, 0.2) is 5.78 Å². The summed E-state index contributed by atoms with van der Waals surface area (Å²) in [6.07, 6.45) is -5.43. The number of carbonyl (C=O) groups excluding carboxylic acids is 2. The number of alkyl halides is 3. The summed E-state index contributed by atoms with van der Waals surface area (Å²) in [4.78, 5) is 35.1. The Morgan fingerprint density at radius 1 is 1.25 bits per heavy atom. The third-order valence-corrected chi connectivity index (χ3v) is 5.21. The van der Waals surface area contributed by atoms with Crippen molar-refractivity contribution >= 4 is 28.8 Å². The molecule has 0 radical (unpaired) electrons. The molecule has 1 aliphatic rings. The summed E-state index contributed by atoms with van der Waals surface area (Å²) in [6, 6.07) is 4.24. The molecule has 2 heterocycles. The summed E-state index contributed by atoms with van der Waals surface area (Å²) in [5.41, 5.74) is -4.85. The second-order valence-electron chi connectivity index (χ2n) is 5.98. The number of nitro groups is 1. The minimum Gasteiger partial charge on any atom is -0.363 e. The number of carbonyl (C=O) groups is 2. The molecule has 0 saturated carbocycles. The smallest absolute Gasteiger partial charge is 0.363 e. The normalized spacial score (nSPS) is 24.9. The fraction of sp³-hybridized carbons (Fsp3) is 0.250. The Morgan fingerprint density at radius 2 is 1.93 bits per heavy atom. The van der Waals surface area contributed by atoms with E-state index in [9.17, 15) is 38.0 Å². The Hall–Kier alpha value is -2.99. The summed E-state index contributed by atoms with van der Waals surface area (Å²) in [5, 5.41) is 26.6. The Balaban J connectivity index is 2.23. The number of rotatable bonds is 4. The number of halogens is 3. The van der Waals surface area contributed by atoms with Gasteiger partial charge in [0.05, 0.1) is 21.4 Å². The van der Waals surface area contributed by atoms with Gasteiger partial charge >= 0.3 is 12.2 Å². The maximum Gasteiger partial charge on any atom is 0.437 e. The SMILES string of the molecule is O=C1N[C@@H](c2ccccc2[N+](=O)[O-])[C@H](C(=O)c2cccs2)[C@](O)(C(F)(F)F)N1. The number of nitrogens with zero attached hydrogens (tertiary/aromatic N) is 1. The lowest BCUT2D eigenvalue weighted by Gasteiger charge is -2.44. The van der Waals surface area contributed by atoms with Crippen LogP contribution in [0.3, 0.4) is 0 Å². The first-order chi connectivity index (χ1) is 13.1. The van der Waals surface area contributed by atoms with Crippen LogP contribution in [0.15, 0.2) is 41.8 Å². The standard InChI is InChI=1S/C16H12F3N3O5S/c17-16(18,19)15(25)11(13(23)10-6-3-7-28-10)12(20-14(24)21-15)8-4-1-2-5-9(8)22(26)27/h1-7,11-12,25H,(H2,20,21,24)/t11-,12+,15+/m1/s1. The average Bonchev–Trinajstić information content (AvgIpc) is 3.14. The molecule has 1 fully saturated rings. The molecule has 28 heavy (non-hydrogen) atoms. The first kappa shape index (κ1) is 19.8. The number of benzene rings is 1. The zero-order chi connectivity index (χ0) is 20.7. The number of nitro benzene ring substituents is 1. The van der Waals surface area contributed by atoms with Gasteiger partial charge in [0.25, 0.3) is 5.69 Å². The molecule has 1 aromatic carbocycles. The average molecular weight is 415 g/mol. The van der Waals surface area contributed by atoms with E-state index in [2.05, 4.69) is 5.32 Å². The molecule has 2 aromatic rings. The summed E-state index contributed by atoms with van der Waals surface area (Å²) in [5.74, 6) is -3.42. The van der Waals surface area contributed by atoms with Gasteiger partial charge in [-0.2, -0.15) is 13.2 Å². The summed E-state index contributed by atoms with van der Waals surface area (Å²) >= 11 is 0.842. The lowest BCUT2D eigenvalue weighted by molar-refractivity contribution is -0.386. The summed E-state index contributed by atoms with van der Waals surface area (Å²) in [6.45, 7) is 0. The molecule has 1 aliphatic heterocycles. The van der Waals surface area contributed by atoms with Gasteiger partial charge in [0.1, 0.15) is 5.92 Å². The van der Waals surface area contributed by atoms with Gasteiger partial charge in [-0.3, -0.25) is 14.9 Å². The number of para-hydroxylation sites is 1. The van der Waals surface area contributed by atoms with E-state index in [1.54, 1.807) is 0 Å². The van der Waals surface area contributed by atoms with Crippen molar-refractivity contribution in [2.45, 2.75) is 17.9 Å². The molecule has 12 heteroatoms. The molecule has 148 valence electrons. The van der Waals surface area contributed by atoms with E-state index in [1.807, 2.05) is 0 Å². The Labute approximate surface area is 159 Å². The highest BCUT2D eigenvalue weighted by molar-refractivity contribution is 7.12. The molecule has 3 rings (SSSR count). The van der Waals surface area contributed by atoms with Crippen molar-refractivity contribution in [2.75, 3.05) is 0 Å². The van der Waals surface area contributed by atoms with E-state index in [4.69, 9.17) is 0 Å². The number of hydrogen-bond donors (Lipinski definition) is 3. The molecule has 3 atom stereocenters. The molecule has 0 aliphatic carbocycles. The maximum absolute atomic E-state index is 13.7. The van der Waals surface area contributed by atoms with Crippen LogP contribution in [0.4, 0.5) is 23.7 Å². The highest BCUT2D eigenvalue weighted by atomic mass is 32.1.